The van der Waals surface area contributed by atoms with Crippen molar-refractivity contribution in [2.24, 2.45) is 0 Å². The minimum Gasteiger partial charge on any atom is -0.505 e. The van der Waals surface area contributed by atoms with Crippen LogP contribution in [0.3, 0.4) is 0 Å². The lowest BCUT2D eigenvalue weighted by molar-refractivity contribution is 0.0692. The second-order valence-electron chi connectivity index (χ2n) is 3.81. The third-order valence-corrected chi connectivity index (χ3v) is 4.30. The Kier molecular flexibility index (Phi) is 3.99. The van der Waals surface area contributed by atoms with Crippen LogP contribution in [0, 0.1) is 0 Å². The number of aromatic amines is 1. The molecule has 0 saturated carbocycles. The maximum absolute atomic E-state index is 12.1. The molecule has 0 aliphatic heterocycles. The number of rotatable bonds is 4. The number of phenolic OH excluding ortho intramolecular Hbond substituents is 1. The number of phenols is 1. The van der Waals surface area contributed by atoms with Crippen molar-refractivity contribution in [1.29, 1.82) is 0 Å². The summed E-state index contributed by atoms with van der Waals surface area (Å²) in [5.74, 6) is -1.85. The predicted molar refractivity (Wildman–Crippen MR) is 74.5 cm³/mol. The maximum atomic E-state index is 12.1. The Hall–Kier alpha value is -1.97. The van der Waals surface area contributed by atoms with E-state index in [1.807, 2.05) is 0 Å². The number of sulfonamides is 1. The molecule has 2 aromatic rings. The molecule has 0 spiro atoms. The first-order valence-corrected chi connectivity index (χ1v) is 7.44. The predicted octanol–water partition coefficient (Wildman–Crippen LogP) is 1.92. The standard InChI is InChI=1S/C10H7Cl2N3O5S/c11-6-1-4(2-7(12)8(6)16)15-21(19,20)9-5(10(17)18)3-13-14-9/h1-3,15-16H,(H,13,14)(H,17,18). The van der Waals surface area contributed by atoms with Crippen molar-refractivity contribution in [3.63, 3.8) is 0 Å². The number of carboxylic acid groups (broad SMARTS) is 1. The van der Waals surface area contributed by atoms with Crippen molar-refractivity contribution in [3.05, 3.63) is 33.9 Å². The van der Waals surface area contributed by atoms with Gasteiger partial charge in [0.15, 0.2) is 10.8 Å². The number of anilines is 1. The van der Waals surface area contributed by atoms with Crippen LogP contribution >= 0.6 is 23.2 Å². The van der Waals surface area contributed by atoms with Gasteiger partial charge in [-0.1, -0.05) is 23.2 Å². The second kappa shape index (κ2) is 5.43. The third kappa shape index (κ3) is 3.04. The van der Waals surface area contributed by atoms with Crippen LogP contribution < -0.4 is 4.72 Å². The lowest BCUT2D eigenvalue weighted by atomic mass is 10.3. The molecule has 0 aliphatic carbocycles. The molecule has 0 aliphatic rings. The summed E-state index contributed by atoms with van der Waals surface area (Å²) in [4.78, 5) is 10.9. The largest absolute Gasteiger partial charge is 0.505 e. The molecular weight excluding hydrogens is 345 g/mol. The summed E-state index contributed by atoms with van der Waals surface area (Å²) in [5, 5.41) is 22.8. The molecule has 0 bridgehead atoms. The fourth-order valence-electron chi connectivity index (χ4n) is 1.46. The average molecular weight is 352 g/mol. The Morgan fingerprint density at radius 1 is 1.29 bits per heavy atom. The lowest BCUT2D eigenvalue weighted by Gasteiger charge is -2.09. The number of halogens is 2. The van der Waals surface area contributed by atoms with Crippen molar-refractivity contribution in [3.8, 4) is 5.75 Å². The first-order valence-electron chi connectivity index (χ1n) is 5.20. The van der Waals surface area contributed by atoms with Gasteiger partial charge in [0.1, 0.15) is 5.56 Å². The number of hydrogen-bond donors (Lipinski definition) is 4. The van der Waals surface area contributed by atoms with E-state index in [-0.39, 0.29) is 15.7 Å². The zero-order chi connectivity index (χ0) is 15.8. The first-order chi connectivity index (χ1) is 9.72. The van der Waals surface area contributed by atoms with E-state index in [2.05, 4.69) is 14.9 Å². The Balaban J connectivity index is 2.43. The molecule has 0 atom stereocenters. The molecule has 0 saturated heterocycles. The van der Waals surface area contributed by atoms with Crippen molar-refractivity contribution < 1.29 is 23.4 Å². The monoisotopic (exact) mass is 351 g/mol. The van der Waals surface area contributed by atoms with E-state index >= 15 is 0 Å². The highest BCUT2D eigenvalue weighted by Gasteiger charge is 2.25. The van der Waals surface area contributed by atoms with Crippen LogP contribution in [0.2, 0.25) is 10.0 Å². The molecule has 0 fully saturated rings. The van der Waals surface area contributed by atoms with Crippen LogP contribution in [-0.4, -0.2) is 34.8 Å². The highest BCUT2D eigenvalue weighted by molar-refractivity contribution is 7.92. The van der Waals surface area contributed by atoms with Gasteiger partial charge in [-0.3, -0.25) is 9.82 Å². The highest BCUT2D eigenvalue weighted by Crippen LogP contribution is 2.35. The number of hydrogen-bond acceptors (Lipinski definition) is 5. The van der Waals surface area contributed by atoms with Gasteiger partial charge in [-0.05, 0) is 12.1 Å². The summed E-state index contributed by atoms with van der Waals surface area (Å²) in [6.45, 7) is 0. The topological polar surface area (TPSA) is 132 Å². The van der Waals surface area contributed by atoms with Crippen LogP contribution in [0.5, 0.6) is 5.75 Å². The van der Waals surface area contributed by atoms with Crippen molar-refractivity contribution in [1.82, 2.24) is 10.2 Å². The third-order valence-electron chi connectivity index (χ3n) is 2.37. The molecule has 0 unspecified atom stereocenters. The first kappa shape index (κ1) is 15.4. The molecule has 4 N–H and O–H groups in total. The Labute approximate surface area is 128 Å². The number of aromatic hydroxyl groups is 1. The van der Waals surface area contributed by atoms with E-state index in [0.717, 1.165) is 18.3 Å². The van der Waals surface area contributed by atoms with Crippen molar-refractivity contribution >= 4 is 44.9 Å². The summed E-state index contributed by atoms with van der Waals surface area (Å²) in [5.41, 5.74) is -0.563. The molecule has 1 heterocycles. The Morgan fingerprint density at radius 3 is 2.38 bits per heavy atom. The van der Waals surface area contributed by atoms with Gasteiger partial charge in [0.25, 0.3) is 10.0 Å². The summed E-state index contributed by atoms with van der Waals surface area (Å²) < 4.78 is 26.3. The maximum Gasteiger partial charge on any atom is 0.340 e. The van der Waals surface area contributed by atoms with Gasteiger partial charge in [-0.15, -0.1) is 0 Å². The fraction of sp³-hybridized carbons (Fsp3) is 0. The van der Waals surface area contributed by atoms with Crippen LogP contribution in [0.25, 0.3) is 0 Å². The van der Waals surface area contributed by atoms with Crippen LogP contribution in [0.1, 0.15) is 10.4 Å². The molecule has 2 rings (SSSR count). The Bertz CT molecular complexity index is 795. The quantitative estimate of drug-likeness (QED) is 0.622. The number of H-pyrrole nitrogens is 1. The minimum absolute atomic E-state index is 0.0475. The minimum atomic E-state index is -4.24. The van der Waals surface area contributed by atoms with Crippen molar-refractivity contribution in [2.45, 2.75) is 5.03 Å². The SMILES string of the molecule is O=C(O)c1cn[nH]c1S(=O)(=O)Nc1cc(Cl)c(O)c(Cl)c1. The molecule has 0 radical (unpaired) electrons. The van der Waals surface area contributed by atoms with E-state index in [0.29, 0.717) is 0 Å². The van der Waals surface area contributed by atoms with Gasteiger partial charge in [0, 0.05) is 0 Å². The van der Waals surface area contributed by atoms with E-state index < -0.39 is 32.3 Å². The van der Waals surface area contributed by atoms with Crippen LogP contribution in [0.15, 0.2) is 23.4 Å². The van der Waals surface area contributed by atoms with Gasteiger partial charge < -0.3 is 10.2 Å². The van der Waals surface area contributed by atoms with Gasteiger partial charge in [0.2, 0.25) is 0 Å². The van der Waals surface area contributed by atoms with E-state index in [9.17, 15) is 18.3 Å². The summed E-state index contributed by atoms with van der Waals surface area (Å²) in [6.07, 6.45) is 0.869. The summed E-state index contributed by atoms with van der Waals surface area (Å²) >= 11 is 11.3. The van der Waals surface area contributed by atoms with Crippen LogP contribution in [-0.2, 0) is 10.0 Å². The zero-order valence-electron chi connectivity index (χ0n) is 9.96. The second-order valence-corrected chi connectivity index (χ2v) is 6.25. The number of nitrogens with one attached hydrogen (secondary N) is 2. The number of benzene rings is 1. The molecule has 112 valence electrons. The smallest absolute Gasteiger partial charge is 0.340 e. The van der Waals surface area contributed by atoms with E-state index in [1.165, 1.54) is 0 Å². The molecule has 21 heavy (non-hydrogen) atoms. The molecule has 0 amide bonds. The van der Waals surface area contributed by atoms with Crippen LogP contribution in [0.4, 0.5) is 5.69 Å². The average Bonchev–Trinajstić information content (AvgIpc) is 2.85. The molecule has 11 heteroatoms. The molecule has 8 nitrogen and oxygen atoms in total. The molecule has 1 aromatic heterocycles. The lowest BCUT2D eigenvalue weighted by Crippen LogP contribution is -2.16. The van der Waals surface area contributed by atoms with Crippen molar-refractivity contribution in [2.75, 3.05) is 4.72 Å². The number of carboxylic acids is 1. The van der Waals surface area contributed by atoms with E-state index in [1.54, 1.807) is 0 Å². The van der Waals surface area contributed by atoms with Gasteiger partial charge in [-0.25, -0.2) is 4.79 Å². The highest BCUT2D eigenvalue weighted by atomic mass is 35.5. The van der Waals surface area contributed by atoms with Gasteiger partial charge in [0.05, 0.1) is 21.9 Å². The molecular formula is C10H7Cl2N3O5S. The number of aromatic nitrogens is 2. The number of carbonyl (C=O) groups is 1. The number of aromatic carboxylic acids is 1. The zero-order valence-corrected chi connectivity index (χ0v) is 12.3. The Morgan fingerprint density at radius 2 is 1.86 bits per heavy atom. The number of nitrogens with zero attached hydrogens (tertiary/aromatic N) is 1. The summed E-state index contributed by atoms with van der Waals surface area (Å²) in [6, 6.07) is 2.24. The fourth-order valence-corrected chi connectivity index (χ4v) is 3.08. The van der Waals surface area contributed by atoms with E-state index in [4.69, 9.17) is 28.3 Å². The normalized spacial score (nSPS) is 11.3. The molecule has 1 aromatic carbocycles. The van der Waals surface area contributed by atoms with Gasteiger partial charge in [-0.2, -0.15) is 13.5 Å². The summed E-state index contributed by atoms with van der Waals surface area (Å²) in [7, 11) is -4.24. The van der Waals surface area contributed by atoms with Gasteiger partial charge >= 0.3 is 5.97 Å².